The van der Waals surface area contributed by atoms with Crippen LogP contribution >= 0.6 is 11.8 Å². The van der Waals surface area contributed by atoms with E-state index in [1.807, 2.05) is 0 Å². The quantitative estimate of drug-likeness (QED) is 0.753. The molecular weight excluding hydrogens is 334 g/mol. The first-order valence-corrected chi connectivity index (χ1v) is 9.37. The van der Waals surface area contributed by atoms with Gasteiger partial charge in [0.25, 0.3) is 0 Å². The van der Waals surface area contributed by atoms with Crippen molar-refractivity contribution >= 4 is 29.2 Å². The fraction of sp³-hybridized carbons (Fsp3) is 0.389. The van der Waals surface area contributed by atoms with Gasteiger partial charge in [-0.1, -0.05) is 17.8 Å². The van der Waals surface area contributed by atoms with Gasteiger partial charge in [0.15, 0.2) is 5.82 Å². The summed E-state index contributed by atoms with van der Waals surface area (Å²) < 4.78 is 0. The van der Waals surface area contributed by atoms with Crippen molar-refractivity contribution in [1.82, 2.24) is 20.2 Å². The lowest BCUT2D eigenvalue weighted by Crippen LogP contribution is -2.43. The summed E-state index contributed by atoms with van der Waals surface area (Å²) in [5.41, 5.74) is 2.39. The van der Waals surface area contributed by atoms with E-state index < -0.39 is 0 Å². The Morgan fingerprint density at radius 2 is 2.12 bits per heavy atom. The molecule has 6 nitrogen and oxygen atoms in total. The molecule has 7 heteroatoms. The molecule has 1 fully saturated rings. The smallest absolute Gasteiger partial charge is 0.217 e. The van der Waals surface area contributed by atoms with Crippen LogP contribution < -0.4 is 10.6 Å². The van der Waals surface area contributed by atoms with Crippen LogP contribution in [0.2, 0.25) is 0 Å². The van der Waals surface area contributed by atoms with Crippen molar-refractivity contribution in [1.29, 1.82) is 0 Å². The SMILES string of the molecule is CC(=O)NC1CCN(Cc2ccc3c(c2)Nc2nccnc2S3)CC1. The zero-order valence-corrected chi connectivity index (χ0v) is 15.0. The summed E-state index contributed by atoms with van der Waals surface area (Å²) in [7, 11) is 0. The average molecular weight is 355 g/mol. The molecule has 1 amide bonds. The van der Waals surface area contributed by atoms with Crippen molar-refractivity contribution < 1.29 is 4.79 Å². The number of fused-ring (bicyclic) bond motifs is 2. The molecule has 2 aromatic rings. The molecule has 1 aromatic carbocycles. The number of likely N-dealkylation sites (tertiary alicyclic amines) is 1. The number of nitrogens with zero attached hydrogens (tertiary/aromatic N) is 3. The molecule has 1 saturated heterocycles. The van der Waals surface area contributed by atoms with Gasteiger partial charge in [0.05, 0.1) is 5.69 Å². The number of carbonyl (C=O) groups is 1. The van der Waals surface area contributed by atoms with E-state index in [2.05, 4.69) is 43.7 Å². The van der Waals surface area contributed by atoms with Crippen molar-refractivity contribution in [2.45, 2.75) is 42.3 Å². The molecule has 0 bridgehead atoms. The second-order valence-corrected chi connectivity index (χ2v) is 7.55. The summed E-state index contributed by atoms with van der Waals surface area (Å²) in [6, 6.07) is 6.88. The van der Waals surface area contributed by atoms with Crippen LogP contribution in [-0.4, -0.2) is 39.9 Å². The van der Waals surface area contributed by atoms with Gasteiger partial charge in [-0.3, -0.25) is 9.69 Å². The Morgan fingerprint density at radius 3 is 2.92 bits per heavy atom. The molecule has 0 radical (unpaired) electrons. The Morgan fingerprint density at radius 1 is 1.32 bits per heavy atom. The average Bonchev–Trinajstić information content (AvgIpc) is 2.61. The van der Waals surface area contributed by atoms with Crippen LogP contribution in [0.15, 0.2) is 40.5 Å². The van der Waals surface area contributed by atoms with Crippen LogP contribution in [0.5, 0.6) is 0 Å². The summed E-state index contributed by atoms with van der Waals surface area (Å²) in [4.78, 5) is 23.5. The predicted octanol–water partition coefficient (Wildman–Crippen LogP) is 2.79. The van der Waals surface area contributed by atoms with Gasteiger partial charge in [0.1, 0.15) is 5.03 Å². The molecular formula is C18H21N5OS. The minimum absolute atomic E-state index is 0.0695. The lowest BCUT2D eigenvalue weighted by molar-refractivity contribution is -0.119. The molecule has 0 unspecified atom stereocenters. The number of nitrogens with one attached hydrogen (secondary N) is 2. The molecule has 2 aliphatic heterocycles. The first-order valence-electron chi connectivity index (χ1n) is 8.55. The standard InChI is InChI=1S/C18H21N5OS/c1-12(24)21-14-4-8-23(9-5-14)11-13-2-3-16-15(10-13)22-17-18(25-16)20-7-6-19-17/h2-3,6-7,10,14H,4-5,8-9,11H2,1H3,(H,19,22)(H,21,24). The third-order valence-corrected chi connectivity index (χ3v) is 5.64. The van der Waals surface area contributed by atoms with E-state index in [0.29, 0.717) is 6.04 Å². The van der Waals surface area contributed by atoms with E-state index in [-0.39, 0.29) is 5.91 Å². The highest BCUT2D eigenvalue weighted by atomic mass is 32.2. The van der Waals surface area contributed by atoms with Crippen LogP contribution in [0.4, 0.5) is 11.5 Å². The number of aromatic nitrogens is 2. The molecule has 25 heavy (non-hydrogen) atoms. The minimum Gasteiger partial charge on any atom is -0.354 e. The van der Waals surface area contributed by atoms with Crippen molar-refractivity contribution in [3.63, 3.8) is 0 Å². The van der Waals surface area contributed by atoms with Gasteiger partial charge in [0.2, 0.25) is 5.91 Å². The number of anilines is 2. The third-order valence-electron chi connectivity index (χ3n) is 4.57. The Kier molecular flexibility index (Phi) is 4.59. The van der Waals surface area contributed by atoms with Gasteiger partial charge >= 0.3 is 0 Å². The van der Waals surface area contributed by atoms with Gasteiger partial charge in [-0.2, -0.15) is 0 Å². The van der Waals surface area contributed by atoms with E-state index in [4.69, 9.17) is 0 Å². The first-order chi connectivity index (χ1) is 12.2. The number of hydrogen-bond acceptors (Lipinski definition) is 6. The summed E-state index contributed by atoms with van der Waals surface area (Å²) in [6.07, 6.45) is 5.46. The Balaban J connectivity index is 1.40. The fourth-order valence-electron chi connectivity index (χ4n) is 3.36. The second-order valence-electron chi connectivity index (χ2n) is 6.52. The molecule has 3 heterocycles. The van der Waals surface area contributed by atoms with Crippen molar-refractivity contribution in [3.05, 3.63) is 36.2 Å². The lowest BCUT2D eigenvalue weighted by Gasteiger charge is -2.32. The predicted molar refractivity (Wildman–Crippen MR) is 98.0 cm³/mol. The highest BCUT2D eigenvalue weighted by molar-refractivity contribution is 7.99. The van der Waals surface area contributed by atoms with E-state index in [9.17, 15) is 4.79 Å². The van der Waals surface area contributed by atoms with Crippen LogP contribution in [0.3, 0.4) is 0 Å². The summed E-state index contributed by atoms with van der Waals surface area (Å²) in [5, 5.41) is 7.33. The molecule has 0 saturated carbocycles. The number of benzene rings is 1. The van der Waals surface area contributed by atoms with Crippen LogP contribution in [0, 0.1) is 0 Å². The maximum Gasteiger partial charge on any atom is 0.217 e. The minimum atomic E-state index is 0.0695. The summed E-state index contributed by atoms with van der Waals surface area (Å²) in [6.45, 7) is 4.55. The fourth-order valence-corrected chi connectivity index (χ4v) is 4.24. The van der Waals surface area contributed by atoms with Crippen molar-refractivity contribution in [2.75, 3.05) is 18.4 Å². The largest absolute Gasteiger partial charge is 0.354 e. The second kappa shape index (κ2) is 7.01. The van der Waals surface area contributed by atoms with Crippen molar-refractivity contribution in [2.24, 2.45) is 0 Å². The first kappa shape index (κ1) is 16.4. The monoisotopic (exact) mass is 355 g/mol. The summed E-state index contributed by atoms with van der Waals surface area (Å²) >= 11 is 1.65. The molecule has 1 aromatic heterocycles. The molecule has 2 N–H and O–H groups in total. The van der Waals surface area contributed by atoms with Crippen LogP contribution in [-0.2, 0) is 11.3 Å². The van der Waals surface area contributed by atoms with Gasteiger partial charge < -0.3 is 10.6 Å². The molecule has 130 valence electrons. The Labute approximate surface area is 151 Å². The van der Waals surface area contributed by atoms with E-state index in [1.54, 1.807) is 31.1 Å². The highest BCUT2D eigenvalue weighted by Gasteiger charge is 2.21. The van der Waals surface area contributed by atoms with Gasteiger partial charge in [0, 0.05) is 49.9 Å². The zero-order valence-electron chi connectivity index (χ0n) is 14.2. The van der Waals surface area contributed by atoms with E-state index in [0.717, 1.165) is 49.0 Å². The molecule has 0 atom stereocenters. The molecule has 2 aliphatic rings. The maximum absolute atomic E-state index is 11.2. The van der Waals surface area contributed by atoms with Crippen LogP contribution in [0.25, 0.3) is 0 Å². The normalized spacial score (nSPS) is 17.3. The molecule has 0 aliphatic carbocycles. The Hall–Kier alpha value is -2.12. The molecule has 0 spiro atoms. The summed E-state index contributed by atoms with van der Waals surface area (Å²) in [5.74, 6) is 0.897. The van der Waals surface area contributed by atoms with Crippen LogP contribution in [0.1, 0.15) is 25.3 Å². The lowest BCUT2D eigenvalue weighted by atomic mass is 10.0. The molecule has 4 rings (SSSR count). The van der Waals surface area contributed by atoms with Gasteiger partial charge in [-0.05, 0) is 30.5 Å². The zero-order chi connectivity index (χ0) is 17.2. The third kappa shape index (κ3) is 3.77. The number of rotatable bonds is 3. The van der Waals surface area contributed by atoms with Gasteiger partial charge in [-0.25, -0.2) is 9.97 Å². The number of amides is 1. The van der Waals surface area contributed by atoms with E-state index >= 15 is 0 Å². The number of piperidine rings is 1. The highest BCUT2D eigenvalue weighted by Crippen LogP contribution is 2.42. The number of carbonyl (C=O) groups excluding carboxylic acids is 1. The van der Waals surface area contributed by atoms with E-state index in [1.165, 1.54) is 10.5 Å². The Bertz CT molecular complexity index is 789. The van der Waals surface area contributed by atoms with Gasteiger partial charge in [-0.15, -0.1) is 0 Å². The maximum atomic E-state index is 11.2. The number of hydrogen-bond donors (Lipinski definition) is 2. The topological polar surface area (TPSA) is 70.2 Å². The van der Waals surface area contributed by atoms with Crippen molar-refractivity contribution in [3.8, 4) is 0 Å².